The molecule has 0 unspecified atom stereocenters. The van der Waals surface area contributed by atoms with Crippen LogP contribution in [0, 0.1) is 0 Å². The highest BCUT2D eigenvalue weighted by Gasteiger charge is 2.20. The smallest absolute Gasteiger partial charge is 0.296 e. The van der Waals surface area contributed by atoms with Crippen LogP contribution in [0.2, 0.25) is 0 Å². The molecule has 3 aromatic rings. The van der Waals surface area contributed by atoms with E-state index in [4.69, 9.17) is 9.47 Å². The molecule has 1 amide bonds. The fourth-order valence-corrected chi connectivity index (χ4v) is 2.70. The first-order chi connectivity index (χ1) is 12.6. The minimum absolute atomic E-state index is 0.342. The summed E-state index contributed by atoms with van der Waals surface area (Å²) in [6, 6.07) is 12.4. The van der Waals surface area contributed by atoms with Crippen molar-refractivity contribution in [2.45, 2.75) is 13.8 Å². The third kappa shape index (κ3) is 3.54. The minimum atomic E-state index is -0.707. The van der Waals surface area contributed by atoms with Gasteiger partial charge in [-0.3, -0.25) is 9.59 Å². The molecule has 0 spiro atoms. The van der Waals surface area contributed by atoms with Gasteiger partial charge < -0.3 is 19.8 Å². The normalized spacial score (nSPS) is 10.5. The third-order valence-electron chi connectivity index (χ3n) is 3.84. The van der Waals surface area contributed by atoms with Gasteiger partial charge in [-0.2, -0.15) is 0 Å². The van der Waals surface area contributed by atoms with Crippen LogP contribution in [-0.4, -0.2) is 29.9 Å². The Morgan fingerprint density at radius 3 is 2.50 bits per heavy atom. The average Bonchev–Trinajstić information content (AvgIpc) is 3.07. The number of carbonyl (C=O) groups excluding carboxylic acids is 2. The molecule has 0 aliphatic rings. The van der Waals surface area contributed by atoms with E-state index in [1.165, 1.54) is 0 Å². The van der Waals surface area contributed by atoms with Gasteiger partial charge in [-0.15, -0.1) is 0 Å². The van der Waals surface area contributed by atoms with Gasteiger partial charge in [0.2, 0.25) is 0 Å². The second-order valence-electron chi connectivity index (χ2n) is 5.56. The number of amides is 1. The van der Waals surface area contributed by atoms with Crippen LogP contribution < -0.4 is 14.8 Å². The summed E-state index contributed by atoms with van der Waals surface area (Å²) in [5, 5.41) is 3.34. The maximum absolute atomic E-state index is 12.5. The Hall–Kier alpha value is -3.28. The van der Waals surface area contributed by atoms with Crippen LogP contribution in [0.3, 0.4) is 0 Å². The summed E-state index contributed by atoms with van der Waals surface area (Å²) in [5.74, 6) is -0.197. The molecule has 26 heavy (non-hydrogen) atoms. The number of H-pyrrole nitrogens is 1. The Morgan fingerprint density at radius 1 is 1.00 bits per heavy atom. The van der Waals surface area contributed by atoms with Crippen LogP contribution in [0.1, 0.15) is 24.2 Å². The molecular weight excluding hydrogens is 332 g/mol. The van der Waals surface area contributed by atoms with E-state index >= 15 is 0 Å². The van der Waals surface area contributed by atoms with E-state index in [-0.39, 0.29) is 0 Å². The summed E-state index contributed by atoms with van der Waals surface area (Å²) < 4.78 is 11.0. The number of hydrogen-bond donors (Lipinski definition) is 2. The molecule has 0 radical (unpaired) electrons. The highest BCUT2D eigenvalue weighted by molar-refractivity contribution is 6.48. The number of Topliss-reactive ketones (excluding diaryl/α,β-unsaturated/α-hetero) is 1. The quantitative estimate of drug-likeness (QED) is 0.501. The van der Waals surface area contributed by atoms with Crippen LogP contribution in [0.25, 0.3) is 10.9 Å². The van der Waals surface area contributed by atoms with Gasteiger partial charge in [-0.1, -0.05) is 18.2 Å². The molecule has 6 heteroatoms. The Bertz CT molecular complexity index is 946. The summed E-state index contributed by atoms with van der Waals surface area (Å²) in [6.07, 6.45) is 1.55. The van der Waals surface area contributed by atoms with Crippen molar-refractivity contribution in [1.29, 1.82) is 0 Å². The largest absolute Gasteiger partial charge is 0.490 e. The van der Waals surface area contributed by atoms with E-state index in [1.807, 2.05) is 32.0 Å². The van der Waals surface area contributed by atoms with Crippen molar-refractivity contribution in [1.82, 2.24) is 4.98 Å². The Labute approximate surface area is 151 Å². The summed E-state index contributed by atoms with van der Waals surface area (Å²) in [4.78, 5) is 27.9. The zero-order valence-electron chi connectivity index (χ0n) is 14.7. The Kier molecular flexibility index (Phi) is 5.22. The number of benzene rings is 2. The van der Waals surface area contributed by atoms with Crippen molar-refractivity contribution in [3.05, 3.63) is 54.2 Å². The first-order valence-corrected chi connectivity index (χ1v) is 8.45. The number of rotatable bonds is 7. The van der Waals surface area contributed by atoms with Crippen molar-refractivity contribution in [3.8, 4) is 11.5 Å². The Morgan fingerprint density at radius 2 is 1.73 bits per heavy atom. The van der Waals surface area contributed by atoms with Crippen LogP contribution in [-0.2, 0) is 4.79 Å². The molecule has 1 heterocycles. The lowest BCUT2D eigenvalue weighted by Gasteiger charge is -2.12. The van der Waals surface area contributed by atoms with E-state index in [0.717, 1.165) is 5.52 Å². The van der Waals surface area contributed by atoms with Crippen LogP contribution in [0.15, 0.2) is 48.7 Å². The molecule has 1 aromatic heterocycles. The molecule has 6 nitrogen and oxygen atoms in total. The molecule has 0 saturated heterocycles. The molecule has 0 aliphatic heterocycles. The monoisotopic (exact) mass is 352 g/mol. The maximum atomic E-state index is 12.5. The topological polar surface area (TPSA) is 80.4 Å². The van der Waals surface area contributed by atoms with E-state index < -0.39 is 11.7 Å². The first-order valence-electron chi connectivity index (χ1n) is 8.45. The summed E-state index contributed by atoms with van der Waals surface area (Å²) in [6.45, 7) is 4.71. The maximum Gasteiger partial charge on any atom is 0.296 e. The number of anilines is 1. The van der Waals surface area contributed by atoms with Crippen molar-refractivity contribution in [3.63, 3.8) is 0 Å². The minimum Gasteiger partial charge on any atom is -0.490 e. The summed E-state index contributed by atoms with van der Waals surface area (Å²) in [5.41, 5.74) is 1.62. The van der Waals surface area contributed by atoms with E-state index in [1.54, 1.807) is 30.5 Å². The number of nitrogens with one attached hydrogen (secondary N) is 2. The van der Waals surface area contributed by atoms with Crippen LogP contribution >= 0.6 is 0 Å². The number of para-hydroxylation sites is 1. The molecule has 0 aliphatic carbocycles. The standard InChI is InChI=1S/C20H20N2O4/c1-3-25-17-10-9-13(11-18(17)26-4-2)22-20(24)19(23)15-12-21-16-8-6-5-7-14(15)16/h5-12,21H,3-4H2,1-2H3,(H,22,24). The van der Waals surface area contributed by atoms with E-state index in [2.05, 4.69) is 10.3 Å². The second-order valence-corrected chi connectivity index (χ2v) is 5.56. The van der Waals surface area contributed by atoms with E-state index in [0.29, 0.717) is 41.3 Å². The fraction of sp³-hybridized carbons (Fsp3) is 0.200. The van der Waals surface area contributed by atoms with Gasteiger partial charge in [0, 0.05) is 28.9 Å². The number of ketones is 1. The summed E-state index contributed by atoms with van der Waals surface area (Å²) >= 11 is 0. The molecule has 0 atom stereocenters. The molecule has 2 N–H and O–H groups in total. The first kappa shape index (κ1) is 17.5. The van der Waals surface area contributed by atoms with Crippen molar-refractivity contribution in [2.24, 2.45) is 0 Å². The number of ether oxygens (including phenoxy) is 2. The van der Waals surface area contributed by atoms with Crippen LogP contribution in [0.5, 0.6) is 11.5 Å². The molecule has 134 valence electrons. The van der Waals surface area contributed by atoms with Gasteiger partial charge in [0.05, 0.1) is 18.8 Å². The van der Waals surface area contributed by atoms with Gasteiger partial charge >= 0.3 is 0 Å². The Balaban J connectivity index is 1.81. The van der Waals surface area contributed by atoms with Gasteiger partial charge in [0.1, 0.15) is 0 Å². The highest BCUT2D eigenvalue weighted by Crippen LogP contribution is 2.30. The molecular formula is C20H20N2O4. The fourth-order valence-electron chi connectivity index (χ4n) is 2.70. The zero-order valence-corrected chi connectivity index (χ0v) is 14.7. The number of aromatic amines is 1. The lowest BCUT2D eigenvalue weighted by Crippen LogP contribution is -2.22. The average molecular weight is 352 g/mol. The van der Waals surface area contributed by atoms with Crippen molar-refractivity contribution < 1.29 is 19.1 Å². The second kappa shape index (κ2) is 7.74. The molecule has 2 aromatic carbocycles. The highest BCUT2D eigenvalue weighted by atomic mass is 16.5. The predicted molar refractivity (Wildman–Crippen MR) is 100 cm³/mol. The molecule has 0 saturated carbocycles. The van der Waals surface area contributed by atoms with E-state index in [9.17, 15) is 9.59 Å². The number of fused-ring (bicyclic) bond motifs is 1. The molecule has 0 bridgehead atoms. The molecule has 3 rings (SSSR count). The SMILES string of the molecule is CCOc1ccc(NC(=O)C(=O)c2c[nH]c3ccccc23)cc1OCC. The van der Waals surface area contributed by atoms with Gasteiger partial charge in [0.15, 0.2) is 11.5 Å². The van der Waals surface area contributed by atoms with Gasteiger partial charge in [0.25, 0.3) is 11.7 Å². The molecule has 0 fully saturated rings. The predicted octanol–water partition coefficient (Wildman–Crippen LogP) is 3.79. The summed E-state index contributed by atoms with van der Waals surface area (Å²) in [7, 11) is 0. The number of aromatic nitrogens is 1. The van der Waals surface area contributed by atoms with Gasteiger partial charge in [-0.25, -0.2) is 0 Å². The van der Waals surface area contributed by atoms with Crippen LogP contribution in [0.4, 0.5) is 5.69 Å². The lowest BCUT2D eigenvalue weighted by atomic mass is 10.1. The van der Waals surface area contributed by atoms with Crippen molar-refractivity contribution in [2.75, 3.05) is 18.5 Å². The van der Waals surface area contributed by atoms with Crippen molar-refractivity contribution >= 4 is 28.3 Å². The lowest BCUT2D eigenvalue weighted by molar-refractivity contribution is -0.112. The number of hydrogen-bond acceptors (Lipinski definition) is 4. The number of carbonyl (C=O) groups is 2. The van der Waals surface area contributed by atoms with Gasteiger partial charge in [-0.05, 0) is 32.0 Å². The zero-order chi connectivity index (χ0) is 18.5. The third-order valence-corrected chi connectivity index (χ3v) is 3.84.